The maximum atomic E-state index is 13.2. The summed E-state index contributed by atoms with van der Waals surface area (Å²) in [5.74, 6) is -0.275. The summed E-state index contributed by atoms with van der Waals surface area (Å²) in [4.78, 5) is 12.3. The van der Waals surface area contributed by atoms with Crippen LogP contribution in [-0.2, 0) is 10.2 Å². The average Bonchev–Trinajstić information content (AvgIpc) is 3.09. The molecule has 1 N–H and O–H groups in total. The third kappa shape index (κ3) is 4.98. The maximum absolute atomic E-state index is 13.2. The Kier molecular flexibility index (Phi) is 5.84. The number of nitrogens with zero attached hydrogens (tertiary/aromatic N) is 2. The summed E-state index contributed by atoms with van der Waals surface area (Å²) >= 11 is 1.15. The predicted octanol–water partition coefficient (Wildman–Crippen LogP) is 5.29. The summed E-state index contributed by atoms with van der Waals surface area (Å²) < 4.78 is 18.9. The van der Waals surface area contributed by atoms with Crippen LogP contribution in [0.1, 0.15) is 33.3 Å². The molecule has 146 valence electrons. The molecular weight excluding hydrogens is 377 g/mol. The molecule has 0 spiro atoms. The highest BCUT2D eigenvalue weighted by Gasteiger charge is 2.19. The molecule has 1 amide bonds. The van der Waals surface area contributed by atoms with Crippen LogP contribution in [0.4, 0.5) is 10.1 Å². The van der Waals surface area contributed by atoms with Crippen molar-refractivity contribution in [3.8, 4) is 11.5 Å². The van der Waals surface area contributed by atoms with Gasteiger partial charge in [0.25, 0.3) is 5.22 Å². The van der Waals surface area contributed by atoms with E-state index >= 15 is 0 Å². The number of thioether (sulfide) groups is 1. The Morgan fingerprint density at radius 1 is 1.14 bits per heavy atom. The second-order valence-corrected chi connectivity index (χ2v) is 8.75. The summed E-state index contributed by atoms with van der Waals surface area (Å²) in [6.07, 6.45) is 0. The average molecular weight is 399 g/mol. The highest BCUT2D eigenvalue weighted by molar-refractivity contribution is 8.00. The monoisotopic (exact) mass is 399 g/mol. The second kappa shape index (κ2) is 8.14. The largest absolute Gasteiger partial charge is 0.411 e. The van der Waals surface area contributed by atoms with Crippen LogP contribution in [0.25, 0.3) is 11.5 Å². The minimum atomic E-state index is -0.486. The van der Waals surface area contributed by atoms with Crippen molar-refractivity contribution >= 4 is 23.4 Å². The second-order valence-electron chi connectivity index (χ2n) is 7.46. The van der Waals surface area contributed by atoms with Gasteiger partial charge >= 0.3 is 0 Å². The minimum absolute atomic E-state index is 0.0683. The van der Waals surface area contributed by atoms with Crippen molar-refractivity contribution < 1.29 is 13.6 Å². The summed E-state index contributed by atoms with van der Waals surface area (Å²) in [6, 6.07) is 13.7. The van der Waals surface area contributed by atoms with Crippen molar-refractivity contribution in [2.75, 3.05) is 5.32 Å². The van der Waals surface area contributed by atoms with Crippen LogP contribution in [0.2, 0.25) is 0 Å². The molecule has 7 heteroatoms. The lowest BCUT2D eigenvalue weighted by Crippen LogP contribution is -2.22. The van der Waals surface area contributed by atoms with Crippen LogP contribution < -0.4 is 5.32 Å². The summed E-state index contributed by atoms with van der Waals surface area (Å²) in [5, 5.41) is 10.6. The van der Waals surface area contributed by atoms with Gasteiger partial charge in [-0.25, -0.2) is 4.39 Å². The van der Waals surface area contributed by atoms with Crippen LogP contribution in [0.5, 0.6) is 0 Å². The van der Waals surface area contributed by atoms with Crippen LogP contribution >= 0.6 is 11.8 Å². The number of benzene rings is 2. The molecule has 0 unspecified atom stereocenters. The zero-order valence-corrected chi connectivity index (χ0v) is 17.0. The fourth-order valence-electron chi connectivity index (χ4n) is 2.50. The molecule has 28 heavy (non-hydrogen) atoms. The first kappa shape index (κ1) is 20.1. The van der Waals surface area contributed by atoms with Crippen LogP contribution in [0.3, 0.4) is 0 Å². The zero-order valence-electron chi connectivity index (χ0n) is 16.2. The number of carbonyl (C=O) groups excluding carboxylic acids is 1. The molecule has 2 aromatic carbocycles. The van der Waals surface area contributed by atoms with E-state index in [1.807, 2.05) is 24.3 Å². The van der Waals surface area contributed by atoms with Gasteiger partial charge in [0.1, 0.15) is 5.82 Å². The van der Waals surface area contributed by atoms with Gasteiger partial charge in [-0.15, -0.1) is 10.2 Å². The number of amides is 1. The molecule has 0 aliphatic rings. The molecule has 1 aromatic heterocycles. The predicted molar refractivity (Wildman–Crippen MR) is 109 cm³/mol. The van der Waals surface area contributed by atoms with Gasteiger partial charge in [0.05, 0.1) is 5.25 Å². The van der Waals surface area contributed by atoms with E-state index < -0.39 is 11.1 Å². The Labute approximate surface area is 167 Å². The first-order valence-corrected chi connectivity index (χ1v) is 9.78. The van der Waals surface area contributed by atoms with E-state index in [0.717, 1.165) is 17.3 Å². The molecule has 0 aliphatic carbocycles. The number of hydrogen-bond acceptors (Lipinski definition) is 5. The van der Waals surface area contributed by atoms with Gasteiger partial charge in [-0.2, -0.15) is 0 Å². The van der Waals surface area contributed by atoms with Gasteiger partial charge in [0.2, 0.25) is 11.8 Å². The fraction of sp³-hybridized carbons (Fsp3) is 0.286. The normalized spacial score (nSPS) is 12.6. The van der Waals surface area contributed by atoms with E-state index in [4.69, 9.17) is 4.42 Å². The molecule has 3 rings (SSSR count). The van der Waals surface area contributed by atoms with E-state index in [9.17, 15) is 9.18 Å². The van der Waals surface area contributed by atoms with Crippen molar-refractivity contribution in [2.24, 2.45) is 0 Å². The topological polar surface area (TPSA) is 68.0 Å². The molecule has 1 heterocycles. The number of aromatic nitrogens is 2. The number of carbonyl (C=O) groups is 1. The van der Waals surface area contributed by atoms with Gasteiger partial charge in [-0.3, -0.25) is 4.79 Å². The Hall–Kier alpha value is -2.67. The molecule has 5 nitrogen and oxygen atoms in total. The molecule has 1 atom stereocenters. The standard InChI is InChI=1S/C21H22FN3O2S/c1-13(18(26)23-17-7-5-6-16(22)12-17)28-20-25-24-19(27-20)14-8-10-15(11-9-14)21(2,3)4/h5-13H,1-4H3,(H,23,26)/t13-/m0/s1. The Balaban J connectivity index is 1.64. The first-order chi connectivity index (χ1) is 13.2. The lowest BCUT2D eigenvalue weighted by Gasteiger charge is -2.18. The minimum Gasteiger partial charge on any atom is -0.411 e. The zero-order chi connectivity index (χ0) is 20.3. The smallest absolute Gasteiger partial charge is 0.277 e. The molecule has 0 fully saturated rings. The van der Waals surface area contributed by atoms with Crippen molar-refractivity contribution in [1.82, 2.24) is 10.2 Å². The molecule has 0 bridgehead atoms. The third-order valence-corrected chi connectivity index (χ3v) is 5.08. The van der Waals surface area contributed by atoms with E-state index in [-0.39, 0.29) is 11.3 Å². The van der Waals surface area contributed by atoms with Gasteiger partial charge < -0.3 is 9.73 Å². The molecule has 0 saturated carbocycles. The van der Waals surface area contributed by atoms with Crippen LogP contribution in [0.15, 0.2) is 58.2 Å². The molecule has 0 aliphatic heterocycles. The molecule has 3 aromatic rings. The van der Waals surface area contributed by atoms with E-state index in [1.54, 1.807) is 13.0 Å². The summed E-state index contributed by atoms with van der Waals surface area (Å²) in [6.45, 7) is 8.18. The fourth-order valence-corrected chi connectivity index (χ4v) is 3.19. The van der Waals surface area contributed by atoms with Gasteiger partial charge in [0.15, 0.2) is 0 Å². The molecular formula is C21H22FN3O2S. The lowest BCUT2D eigenvalue weighted by atomic mass is 9.87. The van der Waals surface area contributed by atoms with Crippen molar-refractivity contribution in [1.29, 1.82) is 0 Å². The van der Waals surface area contributed by atoms with Crippen LogP contribution in [-0.4, -0.2) is 21.4 Å². The van der Waals surface area contributed by atoms with Gasteiger partial charge in [-0.1, -0.05) is 50.7 Å². The number of hydrogen-bond donors (Lipinski definition) is 1. The summed E-state index contributed by atoms with van der Waals surface area (Å²) in [5.41, 5.74) is 2.51. The Morgan fingerprint density at radius 2 is 1.86 bits per heavy atom. The lowest BCUT2D eigenvalue weighted by molar-refractivity contribution is -0.115. The first-order valence-electron chi connectivity index (χ1n) is 8.90. The molecule has 0 saturated heterocycles. The van der Waals surface area contributed by atoms with Gasteiger partial charge in [0, 0.05) is 11.3 Å². The number of anilines is 1. The highest BCUT2D eigenvalue weighted by atomic mass is 32.2. The quantitative estimate of drug-likeness (QED) is 0.590. The van der Waals surface area contributed by atoms with Crippen LogP contribution in [0, 0.1) is 5.82 Å². The number of rotatable bonds is 5. The third-order valence-electron chi connectivity index (χ3n) is 4.14. The van der Waals surface area contributed by atoms with Crippen molar-refractivity contribution in [3.63, 3.8) is 0 Å². The van der Waals surface area contributed by atoms with E-state index in [2.05, 4.69) is 36.3 Å². The highest BCUT2D eigenvalue weighted by Crippen LogP contribution is 2.29. The SMILES string of the molecule is C[C@H](Sc1nnc(-c2ccc(C(C)(C)C)cc2)o1)C(=O)Nc1cccc(F)c1. The summed E-state index contributed by atoms with van der Waals surface area (Å²) in [7, 11) is 0. The maximum Gasteiger partial charge on any atom is 0.277 e. The van der Waals surface area contributed by atoms with Crippen molar-refractivity contribution in [2.45, 2.75) is 43.6 Å². The van der Waals surface area contributed by atoms with Crippen molar-refractivity contribution in [3.05, 3.63) is 59.9 Å². The number of nitrogens with one attached hydrogen (secondary N) is 1. The number of halogens is 1. The van der Waals surface area contributed by atoms with E-state index in [1.165, 1.54) is 23.8 Å². The Morgan fingerprint density at radius 3 is 2.50 bits per heavy atom. The van der Waals surface area contributed by atoms with Gasteiger partial charge in [-0.05, 0) is 48.2 Å². The molecule has 0 radical (unpaired) electrons. The Bertz CT molecular complexity index is 964. The van der Waals surface area contributed by atoms with E-state index in [0.29, 0.717) is 16.8 Å².